The number of fused-ring (bicyclic) bond motifs is 1. The summed E-state index contributed by atoms with van der Waals surface area (Å²) in [5, 5.41) is 2.79. The van der Waals surface area contributed by atoms with Crippen molar-refractivity contribution >= 4 is 5.91 Å². The van der Waals surface area contributed by atoms with Crippen LogP contribution in [-0.4, -0.2) is 23.0 Å². The zero-order valence-corrected chi connectivity index (χ0v) is 16.0. The average Bonchev–Trinajstić information content (AvgIpc) is 3.19. The van der Waals surface area contributed by atoms with Gasteiger partial charge in [-0.05, 0) is 37.1 Å². The fourth-order valence-electron chi connectivity index (χ4n) is 3.41. The summed E-state index contributed by atoms with van der Waals surface area (Å²) in [5.41, 5.74) is 0.348. The number of oxazole rings is 1. The Labute approximate surface area is 170 Å². The zero-order chi connectivity index (χ0) is 21.3. The number of pyridine rings is 1. The lowest BCUT2D eigenvalue weighted by Gasteiger charge is -2.21. The monoisotopic (exact) mass is 417 g/mol. The van der Waals surface area contributed by atoms with Crippen molar-refractivity contribution in [3.63, 3.8) is 0 Å². The molecule has 1 aliphatic rings. The van der Waals surface area contributed by atoms with Gasteiger partial charge in [-0.1, -0.05) is 6.07 Å². The molecule has 0 aliphatic heterocycles. The molecule has 1 aliphatic carbocycles. The third-order valence-corrected chi connectivity index (χ3v) is 4.90. The number of rotatable bonds is 4. The number of benzene rings is 1. The van der Waals surface area contributed by atoms with Crippen molar-refractivity contribution in [2.24, 2.45) is 0 Å². The molecule has 9 heteroatoms. The second-order valence-electron chi connectivity index (χ2n) is 6.91. The molecule has 1 N–H and O–H groups in total. The first-order valence-electron chi connectivity index (χ1n) is 9.33. The smallest absolute Gasteiger partial charge is 0.416 e. The molecule has 0 spiro atoms. The molecule has 2 aromatic heterocycles. The molecule has 6 nitrogen and oxygen atoms in total. The van der Waals surface area contributed by atoms with E-state index in [1.54, 1.807) is 18.3 Å². The number of nitrogens with one attached hydrogen (secondary N) is 1. The first-order valence-corrected chi connectivity index (χ1v) is 9.33. The van der Waals surface area contributed by atoms with E-state index in [4.69, 9.17) is 9.15 Å². The van der Waals surface area contributed by atoms with E-state index in [1.807, 2.05) is 0 Å². The third-order valence-electron chi connectivity index (χ3n) is 4.90. The molecule has 0 saturated heterocycles. The number of amides is 1. The van der Waals surface area contributed by atoms with Gasteiger partial charge in [0.2, 0.25) is 11.8 Å². The normalized spacial score (nSPS) is 16.1. The van der Waals surface area contributed by atoms with Crippen LogP contribution in [0.1, 0.15) is 46.3 Å². The minimum Gasteiger partial charge on any atom is -0.481 e. The van der Waals surface area contributed by atoms with Crippen molar-refractivity contribution in [3.8, 4) is 17.3 Å². The van der Waals surface area contributed by atoms with E-state index in [0.717, 1.165) is 18.6 Å². The lowest BCUT2D eigenvalue weighted by atomic mass is 9.96. The molecule has 1 unspecified atom stereocenters. The van der Waals surface area contributed by atoms with Gasteiger partial charge >= 0.3 is 6.18 Å². The maximum absolute atomic E-state index is 12.9. The van der Waals surface area contributed by atoms with Crippen LogP contribution >= 0.6 is 0 Å². The molecule has 1 aromatic carbocycles. The standard InChI is InChI=1S/C21H18F3N3O3/c1-29-17-11-13(8-9-25-17)20-27-18-15(6-3-7-16(18)30-20)26-19(28)12-4-2-5-14(10-12)21(22,23)24/h2,4-5,8-11,15H,3,6-7H2,1H3,(H,26,28). The number of alkyl halides is 3. The molecular weight excluding hydrogens is 399 g/mol. The summed E-state index contributed by atoms with van der Waals surface area (Å²) in [4.78, 5) is 21.2. The average molecular weight is 417 g/mol. The lowest BCUT2D eigenvalue weighted by Crippen LogP contribution is -2.31. The van der Waals surface area contributed by atoms with Crippen LogP contribution in [0.3, 0.4) is 0 Å². The van der Waals surface area contributed by atoms with Gasteiger partial charge in [0.15, 0.2) is 0 Å². The van der Waals surface area contributed by atoms with Crippen molar-refractivity contribution in [1.82, 2.24) is 15.3 Å². The van der Waals surface area contributed by atoms with E-state index >= 15 is 0 Å². The van der Waals surface area contributed by atoms with E-state index in [0.29, 0.717) is 41.6 Å². The van der Waals surface area contributed by atoms with Crippen LogP contribution in [0.2, 0.25) is 0 Å². The number of carbonyl (C=O) groups excluding carboxylic acids is 1. The van der Waals surface area contributed by atoms with E-state index in [1.165, 1.54) is 19.2 Å². The van der Waals surface area contributed by atoms with Crippen LogP contribution in [0.4, 0.5) is 13.2 Å². The summed E-state index contributed by atoms with van der Waals surface area (Å²) in [5.74, 6) is 0.856. The van der Waals surface area contributed by atoms with E-state index in [2.05, 4.69) is 15.3 Å². The predicted octanol–water partition coefficient (Wildman–Crippen LogP) is 4.57. The second kappa shape index (κ2) is 7.81. The Morgan fingerprint density at radius 1 is 1.27 bits per heavy atom. The van der Waals surface area contributed by atoms with Gasteiger partial charge in [0.05, 0.1) is 18.7 Å². The first kappa shape index (κ1) is 19.9. The van der Waals surface area contributed by atoms with Gasteiger partial charge in [0.25, 0.3) is 5.91 Å². The molecule has 1 atom stereocenters. The van der Waals surface area contributed by atoms with E-state index in [9.17, 15) is 18.0 Å². The number of aromatic nitrogens is 2. The van der Waals surface area contributed by atoms with Crippen LogP contribution < -0.4 is 10.1 Å². The number of halogens is 3. The van der Waals surface area contributed by atoms with E-state index < -0.39 is 23.7 Å². The summed E-state index contributed by atoms with van der Waals surface area (Å²) in [6, 6.07) is 7.32. The van der Waals surface area contributed by atoms with Gasteiger partial charge in [-0.15, -0.1) is 0 Å². The Morgan fingerprint density at radius 3 is 2.87 bits per heavy atom. The highest BCUT2D eigenvalue weighted by molar-refractivity contribution is 5.94. The number of aryl methyl sites for hydroxylation is 1. The summed E-state index contributed by atoms with van der Waals surface area (Å²) in [6.45, 7) is 0. The molecule has 0 bridgehead atoms. The highest BCUT2D eigenvalue weighted by Crippen LogP contribution is 2.34. The van der Waals surface area contributed by atoms with Crippen molar-refractivity contribution in [3.05, 3.63) is 65.2 Å². The van der Waals surface area contributed by atoms with Crippen LogP contribution in [0.15, 0.2) is 47.0 Å². The maximum atomic E-state index is 12.9. The number of methoxy groups -OCH3 is 1. The third kappa shape index (κ3) is 4.00. The zero-order valence-electron chi connectivity index (χ0n) is 16.0. The van der Waals surface area contributed by atoms with Gasteiger partial charge in [-0.3, -0.25) is 4.79 Å². The van der Waals surface area contributed by atoms with Crippen LogP contribution in [0.5, 0.6) is 5.88 Å². The van der Waals surface area contributed by atoms with Gasteiger partial charge in [-0.2, -0.15) is 13.2 Å². The highest BCUT2D eigenvalue weighted by Gasteiger charge is 2.32. The summed E-state index contributed by atoms with van der Waals surface area (Å²) >= 11 is 0. The summed E-state index contributed by atoms with van der Waals surface area (Å²) in [6.07, 6.45) is -0.899. The lowest BCUT2D eigenvalue weighted by molar-refractivity contribution is -0.137. The van der Waals surface area contributed by atoms with Gasteiger partial charge in [-0.25, -0.2) is 9.97 Å². The molecule has 0 radical (unpaired) electrons. The largest absolute Gasteiger partial charge is 0.481 e. The Bertz CT molecular complexity index is 1080. The maximum Gasteiger partial charge on any atom is 0.416 e. The fraction of sp³-hybridized carbons (Fsp3) is 0.286. The number of ether oxygens (including phenoxy) is 1. The number of hydrogen-bond acceptors (Lipinski definition) is 5. The number of carbonyl (C=O) groups is 1. The predicted molar refractivity (Wildman–Crippen MR) is 101 cm³/mol. The van der Waals surface area contributed by atoms with Crippen LogP contribution in [0, 0.1) is 0 Å². The van der Waals surface area contributed by atoms with Crippen LogP contribution in [-0.2, 0) is 12.6 Å². The summed E-state index contributed by atoms with van der Waals surface area (Å²) < 4.78 is 49.8. The molecule has 2 heterocycles. The van der Waals surface area contributed by atoms with Crippen LogP contribution in [0.25, 0.3) is 11.5 Å². The minimum atomic E-state index is -4.51. The Hall–Kier alpha value is -3.36. The first-order chi connectivity index (χ1) is 14.3. The van der Waals surface area contributed by atoms with Crippen molar-refractivity contribution in [1.29, 1.82) is 0 Å². The molecule has 30 heavy (non-hydrogen) atoms. The van der Waals surface area contributed by atoms with E-state index in [-0.39, 0.29) is 5.56 Å². The Morgan fingerprint density at radius 2 is 2.10 bits per heavy atom. The second-order valence-corrected chi connectivity index (χ2v) is 6.91. The van der Waals surface area contributed by atoms with Crippen molar-refractivity contribution in [2.45, 2.75) is 31.5 Å². The molecule has 4 rings (SSSR count). The van der Waals surface area contributed by atoms with Gasteiger partial charge in [0, 0.05) is 29.8 Å². The molecule has 156 valence electrons. The van der Waals surface area contributed by atoms with Crippen molar-refractivity contribution in [2.75, 3.05) is 7.11 Å². The molecule has 3 aromatic rings. The molecular formula is C21H18F3N3O3. The fourth-order valence-corrected chi connectivity index (χ4v) is 3.41. The number of nitrogens with zero attached hydrogens (tertiary/aromatic N) is 2. The molecule has 0 saturated carbocycles. The Balaban J connectivity index is 1.58. The SMILES string of the molecule is COc1cc(-c2nc3c(o2)CCCC3NC(=O)c2cccc(C(F)(F)F)c2)ccn1. The number of hydrogen-bond donors (Lipinski definition) is 1. The van der Waals surface area contributed by atoms with Gasteiger partial charge in [0.1, 0.15) is 11.5 Å². The van der Waals surface area contributed by atoms with Gasteiger partial charge < -0.3 is 14.5 Å². The van der Waals surface area contributed by atoms with Crippen molar-refractivity contribution < 1.29 is 27.1 Å². The topological polar surface area (TPSA) is 77.3 Å². The quantitative estimate of drug-likeness (QED) is 0.673. The Kier molecular flexibility index (Phi) is 5.19. The minimum absolute atomic E-state index is 0.0560. The summed E-state index contributed by atoms with van der Waals surface area (Å²) in [7, 11) is 1.51. The molecule has 1 amide bonds. The highest BCUT2D eigenvalue weighted by atomic mass is 19.4. The molecule has 0 fully saturated rings.